The van der Waals surface area contributed by atoms with Crippen LogP contribution in [0.25, 0.3) is 5.69 Å². The monoisotopic (exact) mass is 650 g/mol. The number of carbonyl (C=O) groups excluding carboxylic acids is 1. The number of amides is 1. The van der Waals surface area contributed by atoms with E-state index in [-0.39, 0.29) is 28.5 Å². The standard InChI is InChI=1S/C11H13Cl2NO3.C10H4Cl5N3O2/c1-11(2)14(10(15)9(12)13)6-8(17-11)7-4-3-5-16-7;11-4-1-2-6(5(12)3-4)18-9(10(13,14)15)16-7(17-18)8(19)20/h3-5,8-9H,6H2,1-2H3;1-3H,(H,19,20). The van der Waals surface area contributed by atoms with E-state index in [1.165, 1.54) is 23.1 Å². The minimum Gasteiger partial charge on any atom is -0.475 e. The Morgan fingerprint density at radius 1 is 1.19 bits per heavy atom. The summed E-state index contributed by atoms with van der Waals surface area (Å²) < 4.78 is 10.1. The highest BCUT2D eigenvalue weighted by Crippen LogP contribution is 2.39. The summed E-state index contributed by atoms with van der Waals surface area (Å²) in [6, 6.07) is 8.08. The summed E-state index contributed by atoms with van der Waals surface area (Å²) in [5, 5.41) is 13.3. The van der Waals surface area contributed by atoms with Gasteiger partial charge in [0, 0.05) is 5.02 Å². The number of carboxylic acids is 1. The van der Waals surface area contributed by atoms with Crippen molar-refractivity contribution in [2.75, 3.05) is 6.54 Å². The number of alkyl halides is 5. The van der Waals surface area contributed by atoms with Gasteiger partial charge in [0.1, 0.15) is 17.6 Å². The second-order valence-corrected chi connectivity index (χ2v) is 12.1. The van der Waals surface area contributed by atoms with E-state index in [1.807, 2.05) is 6.07 Å². The molecule has 1 aromatic carbocycles. The molecule has 2 aromatic heterocycles. The number of aromatic nitrogens is 3. The molecule has 1 fully saturated rings. The molecule has 1 saturated heterocycles. The van der Waals surface area contributed by atoms with Crippen molar-refractivity contribution >= 4 is 93.1 Å². The van der Waals surface area contributed by atoms with Crippen LogP contribution < -0.4 is 0 Å². The van der Waals surface area contributed by atoms with Crippen molar-refractivity contribution in [2.45, 2.75) is 34.3 Å². The van der Waals surface area contributed by atoms with E-state index in [0.717, 1.165) is 4.68 Å². The number of benzene rings is 1. The van der Waals surface area contributed by atoms with Gasteiger partial charge in [-0.15, -0.1) is 5.10 Å². The number of carbonyl (C=O) groups is 2. The normalized spacial score (nSPS) is 17.0. The highest BCUT2D eigenvalue weighted by molar-refractivity contribution is 6.66. The summed E-state index contributed by atoms with van der Waals surface area (Å²) in [5.74, 6) is -1.73. The number of aromatic carboxylic acids is 1. The number of halogens is 7. The van der Waals surface area contributed by atoms with Crippen molar-refractivity contribution in [3.63, 3.8) is 0 Å². The minimum absolute atomic E-state index is 0.191. The Bertz CT molecular complexity index is 1270. The second kappa shape index (κ2) is 11.8. The molecule has 200 valence electrons. The van der Waals surface area contributed by atoms with Crippen molar-refractivity contribution in [1.29, 1.82) is 0 Å². The zero-order valence-corrected chi connectivity index (χ0v) is 24.1. The van der Waals surface area contributed by atoms with Crippen LogP contribution in [0.1, 0.15) is 42.2 Å². The molecule has 1 unspecified atom stereocenters. The lowest BCUT2D eigenvalue weighted by Gasteiger charge is -2.29. The number of hydrogen-bond acceptors (Lipinski definition) is 6. The molecule has 0 aliphatic carbocycles. The Balaban J connectivity index is 0.000000208. The Kier molecular flexibility index (Phi) is 9.57. The van der Waals surface area contributed by atoms with E-state index in [1.54, 1.807) is 26.2 Å². The number of nitrogens with zero attached hydrogens (tertiary/aromatic N) is 4. The first kappa shape index (κ1) is 30.1. The molecule has 1 aliphatic rings. The van der Waals surface area contributed by atoms with Gasteiger partial charge in [0.25, 0.3) is 11.7 Å². The molecule has 9 nitrogen and oxygen atoms in total. The fourth-order valence-corrected chi connectivity index (χ4v) is 4.43. The Morgan fingerprint density at radius 2 is 1.86 bits per heavy atom. The molecule has 1 amide bonds. The Morgan fingerprint density at radius 3 is 2.38 bits per heavy atom. The first-order valence-electron chi connectivity index (χ1n) is 10.2. The van der Waals surface area contributed by atoms with Gasteiger partial charge in [0.15, 0.2) is 10.7 Å². The number of rotatable bonds is 4. The van der Waals surface area contributed by atoms with Crippen molar-refractivity contribution in [3.05, 3.63) is 64.0 Å². The van der Waals surface area contributed by atoms with Gasteiger partial charge in [0.2, 0.25) is 3.79 Å². The van der Waals surface area contributed by atoms with Crippen LogP contribution in [0.15, 0.2) is 41.0 Å². The Hall–Kier alpha value is -1.43. The third-order valence-corrected chi connectivity index (χ3v) is 6.35. The van der Waals surface area contributed by atoms with Gasteiger partial charge in [-0.1, -0.05) is 81.2 Å². The van der Waals surface area contributed by atoms with E-state index < -0.39 is 26.1 Å². The largest absolute Gasteiger partial charge is 0.475 e. The van der Waals surface area contributed by atoms with Crippen molar-refractivity contribution < 1.29 is 23.8 Å². The van der Waals surface area contributed by atoms with Gasteiger partial charge in [-0.25, -0.2) is 14.5 Å². The molecular formula is C21H17Cl7N4O5. The first-order valence-corrected chi connectivity index (χ1v) is 12.9. The molecule has 0 spiro atoms. The highest BCUT2D eigenvalue weighted by Gasteiger charge is 2.45. The number of carboxylic acid groups (broad SMARTS) is 1. The highest BCUT2D eigenvalue weighted by atomic mass is 35.6. The van der Waals surface area contributed by atoms with Crippen LogP contribution in [-0.4, -0.2) is 53.8 Å². The predicted molar refractivity (Wildman–Crippen MR) is 141 cm³/mol. The number of furan rings is 1. The van der Waals surface area contributed by atoms with Crippen LogP contribution in [-0.2, 0) is 13.3 Å². The lowest BCUT2D eigenvalue weighted by atomic mass is 10.2. The maximum atomic E-state index is 11.8. The third-order valence-electron chi connectivity index (χ3n) is 4.93. The molecule has 16 heteroatoms. The van der Waals surface area contributed by atoms with Crippen LogP contribution >= 0.6 is 81.2 Å². The fraction of sp³-hybridized carbons (Fsp3) is 0.333. The quantitative estimate of drug-likeness (QED) is 0.308. The maximum absolute atomic E-state index is 11.8. The summed E-state index contributed by atoms with van der Waals surface area (Å²) in [5.41, 5.74) is -0.450. The third kappa shape index (κ3) is 7.16. The van der Waals surface area contributed by atoms with E-state index in [4.69, 9.17) is 95.5 Å². The second-order valence-electron chi connectivity index (χ2n) is 7.89. The summed E-state index contributed by atoms with van der Waals surface area (Å²) in [7, 11) is 0. The van der Waals surface area contributed by atoms with Gasteiger partial charge < -0.3 is 19.2 Å². The molecule has 1 atom stereocenters. The topological polar surface area (TPSA) is 111 Å². The predicted octanol–water partition coefficient (Wildman–Crippen LogP) is 6.82. The first-order chi connectivity index (χ1) is 17.1. The van der Waals surface area contributed by atoms with Crippen molar-refractivity contribution in [2.24, 2.45) is 0 Å². The molecule has 4 rings (SSSR count). The summed E-state index contributed by atoms with van der Waals surface area (Å²) in [6.07, 6.45) is 1.29. The van der Waals surface area contributed by atoms with Gasteiger partial charge in [-0.3, -0.25) is 4.79 Å². The zero-order chi connectivity index (χ0) is 27.7. The van der Waals surface area contributed by atoms with Gasteiger partial charge in [-0.05, 0) is 44.2 Å². The van der Waals surface area contributed by atoms with E-state index >= 15 is 0 Å². The summed E-state index contributed by atoms with van der Waals surface area (Å²) >= 11 is 40.3. The maximum Gasteiger partial charge on any atom is 0.375 e. The molecule has 0 bridgehead atoms. The van der Waals surface area contributed by atoms with Crippen LogP contribution in [0.2, 0.25) is 10.0 Å². The average Bonchev–Trinajstić information content (AvgIpc) is 3.51. The van der Waals surface area contributed by atoms with Gasteiger partial charge in [-0.2, -0.15) is 0 Å². The van der Waals surface area contributed by atoms with Gasteiger partial charge >= 0.3 is 5.97 Å². The van der Waals surface area contributed by atoms with E-state index in [2.05, 4.69) is 10.1 Å². The van der Waals surface area contributed by atoms with Crippen LogP contribution in [0.3, 0.4) is 0 Å². The Labute approximate surface area is 246 Å². The van der Waals surface area contributed by atoms with Crippen molar-refractivity contribution in [1.82, 2.24) is 19.7 Å². The molecule has 0 radical (unpaired) electrons. The molecule has 1 N–H and O–H groups in total. The van der Waals surface area contributed by atoms with E-state index in [0.29, 0.717) is 17.3 Å². The molecule has 0 saturated carbocycles. The van der Waals surface area contributed by atoms with Crippen LogP contribution in [0, 0.1) is 0 Å². The van der Waals surface area contributed by atoms with Gasteiger partial charge in [0.05, 0.1) is 23.5 Å². The number of ether oxygens (including phenoxy) is 1. The lowest BCUT2D eigenvalue weighted by molar-refractivity contribution is -0.144. The van der Waals surface area contributed by atoms with Crippen LogP contribution in [0.5, 0.6) is 0 Å². The molecular weight excluding hydrogens is 636 g/mol. The SMILES string of the molecule is CC1(C)OC(c2ccco2)CN1C(=O)C(Cl)Cl.O=C(O)c1nc(C(Cl)(Cl)Cl)n(-c2ccc(Cl)cc2Cl)n1. The zero-order valence-electron chi connectivity index (χ0n) is 18.8. The molecule has 37 heavy (non-hydrogen) atoms. The summed E-state index contributed by atoms with van der Waals surface area (Å²) in [4.78, 5) is 26.9. The smallest absolute Gasteiger partial charge is 0.375 e. The van der Waals surface area contributed by atoms with Crippen LogP contribution in [0.4, 0.5) is 0 Å². The molecule has 1 aliphatic heterocycles. The average molecular weight is 654 g/mol. The molecule has 3 heterocycles. The number of hydrogen-bond donors (Lipinski definition) is 1. The van der Waals surface area contributed by atoms with E-state index in [9.17, 15) is 9.59 Å². The van der Waals surface area contributed by atoms with Crippen molar-refractivity contribution in [3.8, 4) is 5.69 Å². The minimum atomic E-state index is -1.97. The summed E-state index contributed by atoms with van der Waals surface area (Å²) in [6.45, 7) is 3.98. The molecule has 3 aromatic rings. The lowest BCUT2D eigenvalue weighted by Crippen LogP contribution is -2.45. The fourth-order valence-electron chi connectivity index (χ4n) is 3.34.